The summed E-state index contributed by atoms with van der Waals surface area (Å²) in [4.78, 5) is -0.0661. The van der Waals surface area contributed by atoms with Crippen LogP contribution in [0.2, 0.25) is 5.02 Å². The summed E-state index contributed by atoms with van der Waals surface area (Å²) in [6.07, 6.45) is 1.64. The van der Waals surface area contributed by atoms with Crippen LogP contribution in [-0.4, -0.2) is 15.0 Å². The number of benzene rings is 1. The van der Waals surface area contributed by atoms with Crippen LogP contribution in [-0.2, 0) is 10.0 Å². The van der Waals surface area contributed by atoms with E-state index >= 15 is 0 Å². The van der Waals surface area contributed by atoms with Gasteiger partial charge in [-0.1, -0.05) is 31.0 Å². The molecule has 0 aliphatic carbocycles. The molecule has 0 aromatic heterocycles. The van der Waals surface area contributed by atoms with Crippen LogP contribution in [0.1, 0.15) is 25.3 Å². The SMILES string of the molecule is CCCCNS(=O)(=O)c1cccc(Cl)c1C#N. The van der Waals surface area contributed by atoms with Crippen molar-refractivity contribution in [1.29, 1.82) is 5.26 Å². The summed E-state index contributed by atoms with van der Waals surface area (Å²) in [5.74, 6) is 0. The quantitative estimate of drug-likeness (QED) is 0.836. The van der Waals surface area contributed by atoms with Gasteiger partial charge in [0.2, 0.25) is 10.0 Å². The van der Waals surface area contributed by atoms with Gasteiger partial charge in [-0.25, -0.2) is 13.1 Å². The zero-order valence-corrected chi connectivity index (χ0v) is 11.0. The summed E-state index contributed by atoms with van der Waals surface area (Å²) in [5, 5.41) is 9.05. The van der Waals surface area contributed by atoms with Gasteiger partial charge in [-0.2, -0.15) is 5.26 Å². The minimum Gasteiger partial charge on any atom is -0.211 e. The summed E-state index contributed by atoms with van der Waals surface area (Å²) in [6.45, 7) is 2.32. The maximum Gasteiger partial charge on any atom is 0.241 e. The molecular formula is C11H13ClN2O2S. The molecule has 1 aromatic rings. The molecule has 0 fully saturated rings. The molecule has 0 unspecified atom stereocenters. The Bertz CT molecular complexity index is 535. The van der Waals surface area contributed by atoms with Crippen molar-refractivity contribution in [3.8, 4) is 6.07 Å². The van der Waals surface area contributed by atoms with Crippen LogP contribution in [0.5, 0.6) is 0 Å². The van der Waals surface area contributed by atoms with Crippen LogP contribution < -0.4 is 4.72 Å². The van der Waals surface area contributed by atoms with Crippen LogP contribution >= 0.6 is 11.6 Å². The van der Waals surface area contributed by atoms with E-state index in [2.05, 4.69) is 4.72 Å². The number of unbranched alkanes of at least 4 members (excludes halogenated alkanes) is 1. The van der Waals surface area contributed by atoms with E-state index < -0.39 is 10.0 Å². The lowest BCUT2D eigenvalue weighted by Gasteiger charge is -2.08. The molecule has 0 aliphatic heterocycles. The molecule has 0 heterocycles. The predicted octanol–water partition coefficient (Wildman–Crippen LogP) is 2.29. The first-order chi connectivity index (χ1) is 8.03. The van der Waals surface area contributed by atoms with E-state index in [9.17, 15) is 8.42 Å². The van der Waals surface area contributed by atoms with E-state index in [1.165, 1.54) is 18.2 Å². The first kappa shape index (κ1) is 14.0. The third-order valence-corrected chi connectivity index (χ3v) is 4.02. The van der Waals surface area contributed by atoms with E-state index in [1.807, 2.05) is 13.0 Å². The van der Waals surface area contributed by atoms with Crippen molar-refractivity contribution in [3.63, 3.8) is 0 Å². The van der Waals surface area contributed by atoms with Crippen LogP contribution in [0.15, 0.2) is 23.1 Å². The van der Waals surface area contributed by atoms with Gasteiger partial charge in [0.25, 0.3) is 0 Å². The molecule has 0 saturated heterocycles. The van der Waals surface area contributed by atoms with Gasteiger partial charge in [-0.05, 0) is 18.6 Å². The summed E-state index contributed by atoms with van der Waals surface area (Å²) in [5.41, 5.74) is -0.0156. The summed E-state index contributed by atoms with van der Waals surface area (Å²) in [7, 11) is -3.65. The minimum absolute atomic E-state index is 0.0156. The molecule has 6 heteroatoms. The number of nitrogens with one attached hydrogen (secondary N) is 1. The van der Waals surface area contributed by atoms with Crippen molar-refractivity contribution in [2.24, 2.45) is 0 Å². The molecule has 17 heavy (non-hydrogen) atoms. The highest BCUT2D eigenvalue weighted by molar-refractivity contribution is 7.89. The molecule has 0 aliphatic rings. The third-order valence-electron chi connectivity index (χ3n) is 2.20. The normalized spacial score (nSPS) is 11.1. The Morgan fingerprint density at radius 1 is 1.47 bits per heavy atom. The van der Waals surface area contributed by atoms with Gasteiger partial charge < -0.3 is 0 Å². The predicted molar refractivity (Wildman–Crippen MR) is 66.3 cm³/mol. The second kappa shape index (κ2) is 6.01. The van der Waals surface area contributed by atoms with Gasteiger partial charge in [0, 0.05) is 6.54 Å². The largest absolute Gasteiger partial charge is 0.241 e. The van der Waals surface area contributed by atoms with Crippen molar-refractivity contribution < 1.29 is 8.42 Å². The molecular weight excluding hydrogens is 260 g/mol. The molecule has 0 amide bonds. The van der Waals surface area contributed by atoms with Crippen LogP contribution in [0, 0.1) is 11.3 Å². The van der Waals surface area contributed by atoms with Crippen molar-refractivity contribution in [1.82, 2.24) is 4.72 Å². The highest BCUT2D eigenvalue weighted by Gasteiger charge is 2.19. The number of sulfonamides is 1. The van der Waals surface area contributed by atoms with Crippen molar-refractivity contribution in [3.05, 3.63) is 28.8 Å². The summed E-state index contributed by atoms with van der Waals surface area (Å²) >= 11 is 5.78. The Hall–Kier alpha value is -1.09. The fraction of sp³-hybridized carbons (Fsp3) is 0.364. The average Bonchev–Trinajstić information content (AvgIpc) is 2.29. The molecule has 1 rings (SSSR count). The molecule has 0 radical (unpaired) electrons. The van der Waals surface area contributed by atoms with E-state index in [4.69, 9.17) is 16.9 Å². The fourth-order valence-electron chi connectivity index (χ4n) is 1.30. The van der Waals surface area contributed by atoms with Crippen LogP contribution in [0.4, 0.5) is 0 Å². The third kappa shape index (κ3) is 3.43. The monoisotopic (exact) mass is 272 g/mol. The number of hydrogen-bond acceptors (Lipinski definition) is 3. The van der Waals surface area contributed by atoms with E-state index in [-0.39, 0.29) is 15.5 Å². The smallest absolute Gasteiger partial charge is 0.211 e. The highest BCUT2D eigenvalue weighted by atomic mass is 35.5. The van der Waals surface area contributed by atoms with Gasteiger partial charge >= 0.3 is 0 Å². The van der Waals surface area contributed by atoms with Crippen molar-refractivity contribution in [2.75, 3.05) is 6.54 Å². The first-order valence-corrected chi connectivity index (χ1v) is 7.07. The number of nitrogens with zero attached hydrogens (tertiary/aromatic N) is 1. The Kier molecular flexibility index (Phi) is 4.94. The highest BCUT2D eigenvalue weighted by Crippen LogP contribution is 2.22. The van der Waals surface area contributed by atoms with Crippen molar-refractivity contribution in [2.45, 2.75) is 24.7 Å². The number of hydrogen-bond donors (Lipinski definition) is 1. The lowest BCUT2D eigenvalue weighted by Crippen LogP contribution is -2.25. The zero-order chi connectivity index (χ0) is 12.9. The number of nitriles is 1. The van der Waals surface area contributed by atoms with Gasteiger partial charge in [-0.3, -0.25) is 0 Å². The first-order valence-electron chi connectivity index (χ1n) is 5.21. The number of rotatable bonds is 5. The second-order valence-electron chi connectivity index (χ2n) is 3.48. The molecule has 4 nitrogen and oxygen atoms in total. The van der Waals surface area contributed by atoms with E-state index in [0.29, 0.717) is 6.54 Å². The maximum atomic E-state index is 11.9. The van der Waals surface area contributed by atoms with E-state index in [0.717, 1.165) is 12.8 Å². The van der Waals surface area contributed by atoms with E-state index in [1.54, 1.807) is 0 Å². The average molecular weight is 273 g/mol. The Balaban J connectivity index is 3.08. The standard InChI is InChI=1S/C11H13ClN2O2S/c1-2-3-7-14-17(15,16)11-6-4-5-10(12)9(11)8-13/h4-6,14H,2-3,7H2,1H3. The lowest BCUT2D eigenvalue weighted by atomic mass is 10.2. The second-order valence-corrected chi connectivity index (χ2v) is 5.62. The summed E-state index contributed by atoms with van der Waals surface area (Å²) in [6, 6.07) is 6.19. The van der Waals surface area contributed by atoms with Crippen molar-refractivity contribution >= 4 is 21.6 Å². The zero-order valence-electron chi connectivity index (χ0n) is 9.40. The van der Waals surface area contributed by atoms with Gasteiger partial charge in [0.15, 0.2) is 0 Å². The lowest BCUT2D eigenvalue weighted by molar-refractivity contribution is 0.578. The fourth-order valence-corrected chi connectivity index (χ4v) is 2.82. The molecule has 0 spiro atoms. The van der Waals surface area contributed by atoms with Gasteiger partial charge in [0.05, 0.1) is 10.6 Å². The maximum absolute atomic E-state index is 11.9. The Labute approximate surface area is 106 Å². The molecule has 0 bridgehead atoms. The Morgan fingerprint density at radius 2 is 2.18 bits per heavy atom. The summed E-state index contributed by atoms with van der Waals surface area (Å²) < 4.78 is 26.3. The van der Waals surface area contributed by atoms with Crippen LogP contribution in [0.3, 0.4) is 0 Å². The van der Waals surface area contributed by atoms with Gasteiger partial charge in [0.1, 0.15) is 11.0 Å². The van der Waals surface area contributed by atoms with Gasteiger partial charge in [-0.15, -0.1) is 0 Å². The minimum atomic E-state index is -3.65. The molecule has 0 atom stereocenters. The molecule has 1 N–H and O–H groups in total. The van der Waals surface area contributed by atoms with Crippen LogP contribution in [0.25, 0.3) is 0 Å². The molecule has 1 aromatic carbocycles. The molecule has 92 valence electrons. The number of halogens is 1. The molecule has 0 saturated carbocycles. The topological polar surface area (TPSA) is 70.0 Å². The Morgan fingerprint density at radius 3 is 2.76 bits per heavy atom.